The van der Waals surface area contributed by atoms with E-state index in [1.807, 2.05) is 26.0 Å². The number of alkyl halides is 3. The van der Waals surface area contributed by atoms with Gasteiger partial charge in [0.05, 0.1) is 23.6 Å². The number of carboxylic acids is 1. The van der Waals surface area contributed by atoms with Gasteiger partial charge < -0.3 is 15.7 Å². The number of nitrogens with one attached hydrogen (secondary N) is 2. The Morgan fingerprint density at radius 1 is 1.00 bits per heavy atom. The maximum Gasteiger partial charge on any atom is 0.416 e. The highest BCUT2D eigenvalue weighted by Crippen LogP contribution is 2.35. The van der Waals surface area contributed by atoms with Crippen molar-refractivity contribution in [1.82, 2.24) is 10.3 Å². The molecular formula is C29H32F3N3O3. The molecule has 3 rings (SSSR count). The molecule has 0 radical (unpaired) electrons. The van der Waals surface area contributed by atoms with Crippen LogP contribution in [0.4, 0.5) is 19.0 Å². The number of hydrogen-bond donors (Lipinski definition) is 3. The van der Waals surface area contributed by atoms with Gasteiger partial charge in [-0.25, -0.2) is 4.98 Å². The molecule has 0 spiro atoms. The summed E-state index contributed by atoms with van der Waals surface area (Å²) in [6.45, 7) is 8.16. The topological polar surface area (TPSA) is 91.3 Å². The molecule has 202 valence electrons. The van der Waals surface area contributed by atoms with Crippen molar-refractivity contribution in [2.75, 3.05) is 11.9 Å². The fraction of sp³-hybridized carbons (Fsp3) is 0.345. The van der Waals surface area contributed by atoms with E-state index in [2.05, 4.69) is 29.5 Å². The Labute approximate surface area is 220 Å². The number of carbonyl (C=O) groups excluding carboxylic acids is 1. The molecule has 6 nitrogen and oxygen atoms in total. The smallest absolute Gasteiger partial charge is 0.416 e. The van der Waals surface area contributed by atoms with Crippen molar-refractivity contribution in [3.05, 3.63) is 82.5 Å². The number of hydrogen-bond acceptors (Lipinski definition) is 4. The minimum absolute atomic E-state index is 0.0335. The largest absolute Gasteiger partial charge is 0.481 e. The van der Waals surface area contributed by atoms with E-state index in [0.29, 0.717) is 17.3 Å². The zero-order chi connectivity index (χ0) is 28.0. The van der Waals surface area contributed by atoms with E-state index in [4.69, 9.17) is 5.11 Å². The zero-order valence-corrected chi connectivity index (χ0v) is 21.8. The first-order valence-corrected chi connectivity index (χ1v) is 12.4. The van der Waals surface area contributed by atoms with E-state index < -0.39 is 23.6 Å². The van der Waals surface area contributed by atoms with Gasteiger partial charge in [-0.1, -0.05) is 38.1 Å². The number of carboxylic acid groups (broad SMARTS) is 1. The number of nitrogens with zero attached hydrogens (tertiary/aromatic N) is 1. The van der Waals surface area contributed by atoms with E-state index in [0.717, 1.165) is 46.4 Å². The molecule has 0 aliphatic rings. The van der Waals surface area contributed by atoms with Crippen LogP contribution < -0.4 is 10.6 Å². The predicted octanol–water partition coefficient (Wildman–Crippen LogP) is 6.79. The van der Waals surface area contributed by atoms with Crippen molar-refractivity contribution < 1.29 is 27.9 Å². The third-order valence-corrected chi connectivity index (χ3v) is 6.14. The second-order valence-electron chi connectivity index (χ2n) is 9.76. The Balaban J connectivity index is 1.81. The molecule has 0 aliphatic carbocycles. The van der Waals surface area contributed by atoms with Gasteiger partial charge in [0.25, 0.3) is 5.91 Å². The molecule has 0 saturated carbocycles. The van der Waals surface area contributed by atoms with Crippen molar-refractivity contribution in [2.24, 2.45) is 5.92 Å². The Morgan fingerprint density at radius 3 is 2.13 bits per heavy atom. The lowest BCUT2D eigenvalue weighted by Crippen LogP contribution is -2.26. The van der Waals surface area contributed by atoms with Crippen LogP contribution in [-0.4, -0.2) is 28.5 Å². The molecule has 0 saturated heterocycles. The normalized spacial score (nSPS) is 12.3. The first-order valence-electron chi connectivity index (χ1n) is 12.4. The summed E-state index contributed by atoms with van der Waals surface area (Å²) in [6, 6.07) is 12.6. The third kappa shape index (κ3) is 7.57. The molecule has 0 unspecified atom stereocenters. The minimum atomic E-state index is -4.38. The Morgan fingerprint density at radius 2 is 1.63 bits per heavy atom. The molecule has 0 aliphatic heterocycles. The summed E-state index contributed by atoms with van der Waals surface area (Å²) in [5, 5.41) is 14.7. The number of rotatable bonds is 10. The fourth-order valence-corrected chi connectivity index (χ4v) is 4.41. The molecule has 9 heteroatoms. The quantitative estimate of drug-likeness (QED) is 0.270. The monoisotopic (exact) mass is 527 g/mol. The number of aliphatic carboxylic acids is 1. The van der Waals surface area contributed by atoms with Gasteiger partial charge in [0.1, 0.15) is 5.82 Å². The van der Waals surface area contributed by atoms with Gasteiger partial charge in [0.2, 0.25) is 0 Å². The Hall–Kier alpha value is -3.88. The molecule has 38 heavy (non-hydrogen) atoms. The molecular weight excluding hydrogens is 495 g/mol. The standard InChI is InChI=1S/C29H32F3N3O3/c1-17(2)13-24(35-25-10-7-21(16-34-25)28(38)33-12-11-26(36)37)22-14-18(3)27(19(4)15-22)20-5-8-23(9-6-20)29(30,31)32/h5-10,14-17,24H,11-13H2,1-4H3,(H,33,38)(H,34,35)(H,36,37)/t24-/m0/s1. The second-order valence-corrected chi connectivity index (χ2v) is 9.76. The molecule has 1 heterocycles. The molecule has 3 N–H and O–H groups in total. The van der Waals surface area contributed by atoms with Crippen molar-refractivity contribution >= 4 is 17.7 Å². The maximum absolute atomic E-state index is 13.0. The lowest BCUT2D eigenvalue weighted by Gasteiger charge is -2.24. The highest BCUT2D eigenvalue weighted by atomic mass is 19.4. The van der Waals surface area contributed by atoms with E-state index >= 15 is 0 Å². The molecule has 2 aromatic carbocycles. The number of halogens is 3. The first kappa shape index (κ1) is 28.7. The average molecular weight is 528 g/mol. The number of carbonyl (C=O) groups is 2. The van der Waals surface area contributed by atoms with Gasteiger partial charge in [-0.05, 0) is 78.3 Å². The summed E-state index contributed by atoms with van der Waals surface area (Å²) in [7, 11) is 0. The van der Waals surface area contributed by atoms with Crippen molar-refractivity contribution in [2.45, 2.75) is 52.8 Å². The summed E-state index contributed by atoms with van der Waals surface area (Å²) in [6.07, 6.45) is -2.29. The van der Waals surface area contributed by atoms with Crippen LogP contribution in [0, 0.1) is 19.8 Å². The molecule has 1 aromatic heterocycles. The highest BCUT2D eigenvalue weighted by molar-refractivity contribution is 5.94. The van der Waals surface area contributed by atoms with Crippen LogP contribution in [0.1, 0.15) is 65.3 Å². The lowest BCUT2D eigenvalue weighted by atomic mass is 9.89. The van der Waals surface area contributed by atoms with E-state index in [-0.39, 0.29) is 19.0 Å². The van der Waals surface area contributed by atoms with Crippen LogP contribution in [0.2, 0.25) is 0 Å². The summed E-state index contributed by atoms with van der Waals surface area (Å²) >= 11 is 0. The number of pyridine rings is 1. The van der Waals surface area contributed by atoms with Crippen LogP contribution in [0.25, 0.3) is 11.1 Å². The van der Waals surface area contributed by atoms with Crippen molar-refractivity contribution in [3.63, 3.8) is 0 Å². The Kier molecular flexibility index (Phi) is 9.14. The van der Waals surface area contributed by atoms with Crippen LogP contribution in [0.5, 0.6) is 0 Å². The summed E-state index contributed by atoms with van der Waals surface area (Å²) in [5.41, 5.74) is 4.23. The van der Waals surface area contributed by atoms with Crippen LogP contribution in [0.3, 0.4) is 0 Å². The molecule has 1 atom stereocenters. The van der Waals surface area contributed by atoms with Crippen LogP contribution in [-0.2, 0) is 11.0 Å². The summed E-state index contributed by atoms with van der Waals surface area (Å²) in [4.78, 5) is 27.2. The van der Waals surface area contributed by atoms with Gasteiger partial charge in [-0.15, -0.1) is 0 Å². The third-order valence-electron chi connectivity index (χ3n) is 6.14. The van der Waals surface area contributed by atoms with E-state index in [1.54, 1.807) is 12.1 Å². The van der Waals surface area contributed by atoms with Gasteiger partial charge >= 0.3 is 12.1 Å². The number of amides is 1. The van der Waals surface area contributed by atoms with E-state index in [9.17, 15) is 22.8 Å². The predicted molar refractivity (Wildman–Crippen MR) is 141 cm³/mol. The maximum atomic E-state index is 13.0. The van der Waals surface area contributed by atoms with Gasteiger partial charge in [-0.2, -0.15) is 13.2 Å². The molecule has 3 aromatic rings. The average Bonchev–Trinajstić information content (AvgIpc) is 2.83. The van der Waals surface area contributed by atoms with Crippen LogP contribution >= 0.6 is 0 Å². The lowest BCUT2D eigenvalue weighted by molar-refractivity contribution is -0.138. The molecule has 0 fully saturated rings. The van der Waals surface area contributed by atoms with Gasteiger partial charge in [0.15, 0.2) is 0 Å². The van der Waals surface area contributed by atoms with Gasteiger partial charge in [0, 0.05) is 12.7 Å². The number of benzene rings is 2. The highest BCUT2D eigenvalue weighted by Gasteiger charge is 2.30. The number of aromatic nitrogens is 1. The zero-order valence-electron chi connectivity index (χ0n) is 21.8. The van der Waals surface area contributed by atoms with Crippen molar-refractivity contribution in [3.8, 4) is 11.1 Å². The fourth-order valence-electron chi connectivity index (χ4n) is 4.41. The van der Waals surface area contributed by atoms with Gasteiger partial charge in [-0.3, -0.25) is 9.59 Å². The number of aryl methyl sites for hydroxylation is 2. The summed E-state index contributed by atoms with van der Waals surface area (Å²) < 4.78 is 39.0. The van der Waals surface area contributed by atoms with Crippen molar-refractivity contribution in [1.29, 1.82) is 0 Å². The number of anilines is 1. The van der Waals surface area contributed by atoms with E-state index in [1.165, 1.54) is 18.3 Å². The Bertz CT molecular complexity index is 1250. The SMILES string of the molecule is Cc1cc([C@H](CC(C)C)Nc2ccc(C(=O)NCCC(=O)O)cn2)cc(C)c1-c1ccc(C(F)(F)F)cc1. The molecule has 1 amide bonds. The molecule has 0 bridgehead atoms. The second kappa shape index (κ2) is 12.1. The van der Waals surface area contributed by atoms with Crippen LogP contribution in [0.15, 0.2) is 54.7 Å². The first-order chi connectivity index (χ1) is 17.8. The summed E-state index contributed by atoms with van der Waals surface area (Å²) in [5.74, 6) is -0.437. The minimum Gasteiger partial charge on any atom is -0.481 e.